The number of nitrogens with zero attached hydrogens (tertiary/aromatic N) is 5. The topological polar surface area (TPSA) is 48.5 Å². The van der Waals surface area contributed by atoms with Crippen molar-refractivity contribution in [2.45, 2.75) is 17.8 Å². The highest BCUT2D eigenvalue weighted by atomic mass is 35.5. The Labute approximate surface area is 160 Å². The molecule has 2 aromatic heterocycles. The summed E-state index contributed by atoms with van der Waals surface area (Å²) in [4.78, 5) is 0. The average Bonchev–Trinajstić information content (AvgIpc) is 3.34. The van der Waals surface area contributed by atoms with E-state index in [0.29, 0.717) is 0 Å². The van der Waals surface area contributed by atoms with Crippen LogP contribution in [-0.4, -0.2) is 24.5 Å². The summed E-state index contributed by atoms with van der Waals surface area (Å²) in [7, 11) is 0. The van der Waals surface area contributed by atoms with Gasteiger partial charge >= 0.3 is 0 Å². The van der Waals surface area contributed by atoms with Crippen LogP contribution in [0.2, 0.25) is 5.02 Å². The molecular weight excluding hydrogens is 366 g/mol. The highest BCUT2D eigenvalue weighted by molar-refractivity contribution is 7.98. The SMILES string of the molecule is Cc1ccc(-n2cnnc2SCc2ccc(-n3cccn3)cc2)cc1Cl. The van der Waals surface area contributed by atoms with Crippen molar-refractivity contribution in [3.05, 3.63) is 83.4 Å². The van der Waals surface area contributed by atoms with Gasteiger partial charge in [0.25, 0.3) is 0 Å². The zero-order valence-corrected chi connectivity index (χ0v) is 15.7. The molecule has 0 unspecified atom stereocenters. The summed E-state index contributed by atoms with van der Waals surface area (Å²) >= 11 is 7.88. The fraction of sp³-hybridized carbons (Fsp3) is 0.105. The van der Waals surface area contributed by atoms with Crippen LogP contribution >= 0.6 is 23.4 Å². The Morgan fingerprint density at radius 3 is 2.62 bits per heavy atom. The Balaban J connectivity index is 1.49. The molecular formula is C19H16ClN5S. The van der Waals surface area contributed by atoms with E-state index >= 15 is 0 Å². The molecule has 0 radical (unpaired) electrons. The van der Waals surface area contributed by atoms with Gasteiger partial charge in [-0.15, -0.1) is 10.2 Å². The lowest BCUT2D eigenvalue weighted by atomic mass is 10.2. The Bertz CT molecular complexity index is 1010. The van der Waals surface area contributed by atoms with E-state index in [1.54, 1.807) is 24.3 Å². The van der Waals surface area contributed by atoms with Crippen molar-refractivity contribution in [3.8, 4) is 11.4 Å². The van der Waals surface area contributed by atoms with Gasteiger partial charge in [-0.05, 0) is 48.4 Å². The molecule has 0 saturated heterocycles. The molecule has 0 fully saturated rings. The van der Waals surface area contributed by atoms with Crippen LogP contribution in [0.25, 0.3) is 11.4 Å². The maximum atomic E-state index is 6.25. The minimum atomic E-state index is 0.737. The second kappa shape index (κ2) is 7.35. The summed E-state index contributed by atoms with van der Waals surface area (Å²) in [5.74, 6) is 0.803. The lowest BCUT2D eigenvalue weighted by Gasteiger charge is -2.08. The summed E-state index contributed by atoms with van der Waals surface area (Å²) in [5, 5.41) is 14.1. The van der Waals surface area contributed by atoms with Crippen molar-refractivity contribution in [3.63, 3.8) is 0 Å². The van der Waals surface area contributed by atoms with E-state index in [-0.39, 0.29) is 0 Å². The molecule has 0 amide bonds. The summed E-state index contributed by atoms with van der Waals surface area (Å²) < 4.78 is 3.79. The first kappa shape index (κ1) is 16.9. The van der Waals surface area contributed by atoms with Gasteiger partial charge in [0.15, 0.2) is 5.16 Å². The predicted octanol–water partition coefficient (Wildman–Crippen LogP) is 4.71. The minimum Gasteiger partial charge on any atom is -0.277 e. The molecule has 7 heteroatoms. The van der Waals surface area contributed by atoms with Crippen LogP contribution in [0.3, 0.4) is 0 Å². The highest BCUT2D eigenvalue weighted by Crippen LogP contribution is 2.26. The summed E-state index contributed by atoms with van der Waals surface area (Å²) in [5.41, 5.74) is 4.26. The fourth-order valence-electron chi connectivity index (χ4n) is 2.55. The molecule has 0 atom stereocenters. The van der Waals surface area contributed by atoms with E-state index in [9.17, 15) is 0 Å². The number of halogens is 1. The first-order valence-electron chi connectivity index (χ1n) is 8.09. The van der Waals surface area contributed by atoms with Crippen molar-refractivity contribution in [1.29, 1.82) is 0 Å². The standard InChI is InChI=1S/C19H16ClN5S/c1-14-3-6-17(11-18(14)20)24-13-21-23-19(24)26-12-15-4-7-16(8-5-15)25-10-2-9-22-25/h2-11,13H,12H2,1H3. The number of benzene rings is 2. The zero-order valence-electron chi connectivity index (χ0n) is 14.1. The largest absolute Gasteiger partial charge is 0.277 e. The molecule has 2 heterocycles. The second-order valence-corrected chi connectivity index (χ2v) is 7.17. The lowest BCUT2D eigenvalue weighted by molar-refractivity contribution is 0.879. The number of aryl methyl sites for hydroxylation is 1. The van der Waals surface area contributed by atoms with Crippen molar-refractivity contribution in [2.24, 2.45) is 0 Å². The monoisotopic (exact) mass is 381 g/mol. The van der Waals surface area contributed by atoms with Crippen molar-refractivity contribution in [2.75, 3.05) is 0 Å². The van der Waals surface area contributed by atoms with Gasteiger partial charge in [-0.25, -0.2) is 4.68 Å². The second-order valence-electron chi connectivity index (χ2n) is 5.82. The van der Waals surface area contributed by atoms with Gasteiger partial charge in [-0.3, -0.25) is 4.57 Å². The summed E-state index contributed by atoms with van der Waals surface area (Å²) in [6.07, 6.45) is 5.41. The minimum absolute atomic E-state index is 0.737. The van der Waals surface area contributed by atoms with Crippen molar-refractivity contribution in [1.82, 2.24) is 24.5 Å². The van der Waals surface area contributed by atoms with E-state index in [2.05, 4.69) is 39.6 Å². The molecule has 0 saturated carbocycles. The van der Waals surface area contributed by atoms with Gasteiger partial charge in [-0.1, -0.05) is 41.6 Å². The quantitative estimate of drug-likeness (QED) is 0.470. The molecule has 0 N–H and O–H groups in total. The van der Waals surface area contributed by atoms with Crippen LogP contribution in [0.4, 0.5) is 0 Å². The first-order valence-corrected chi connectivity index (χ1v) is 9.45. The Morgan fingerprint density at radius 2 is 1.88 bits per heavy atom. The number of hydrogen-bond donors (Lipinski definition) is 0. The summed E-state index contributed by atoms with van der Waals surface area (Å²) in [6.45, 7) is 1.99. The normalized spacial score (nSPS) is 11.0. The smallest absolute Gasteiger partial charge is 0.195 e. The van der Waals surface area contributed by atoms with Crippen molar-refractivity contribution >= 4 is 23.4 Å². The third kappa shape index (κ3) is 3.52. The van der Waals surface area contributed by atoms with E-state index in [0.717, 1.165) is 32.9 Å². The van der Waals surface area contributed by atoms with Gasteiger partial charge < -0.3 is 0 Å². The average molecular weight is 382 g/mol. The molecule has 4 aromatic rings. The van der Waals surface area contributed by atoms with Gasteiger partial charge in [0.1, 0.15) is 6.33 Å². The molecule has 5 nitrogen and oxygen atoms in total. The van der Waals surface area contributed by atoms with Gasteiger partial charge in [0.2, 0.25) is 0 Å². The molecule has 130 valence electrons. The predicted molar refractivity (Wildman–Crippen MR) is 104 cm³/mol. The maximum Gasteiger partial charge on any atom is 0.195 e. The van der Waals surface area contributed by atoms with Crippen LogP contribution in [0, 0.1) is 6.92 Å². The van der Waals surface area contributed by atoms with Crippen LogP contribution in [0.15, 0.2) is 72.4 Å². The van der Waals surface area contributed by atoms with E-state index in [4.69, 9.17) is 11.6 Å². The Morgan fingerprint density at radius 1 is 1.08 bits per heavy atom. The van der Waals surface area contributed by atoms with Gasteiger partial charge in [-0.2, -0.15) is 5.10 Å². The molecule has 2 aromatic carbocycles. The first-order chi connectivity index (χ1) is 12.7. The number of aromatic nitrogens is 5. The number of rotatable bonds is 5. The van der Waals surface area contributed by atoms with Gasteiger partial charge in [0.05, 0.1) is 11.4 Å². The molecule has 4 rings (SSSR count). The molecule has 0 bridgehead atoms. The molecule has 0 aliphatic carbocycles. The Hall–Kier alpha value is -2.57. The van der Waals surface area contributed by atoms with Gasteiger partial charge in [0, 0.05) is 23.2 Å². The summed E-state index contributed by atoms with van der Waals surface area (Å²) in [6, 6.07) is 16.2. The fourth-order valence-corrected chi connectivity index (χ4v) is 3.61. The molecule has 0 aliphatic rings. The maximum absolute atomic E-state index is 6.25. The third-order valence-corrected chi connectivity index (χ3v) is 5.44. The number of thioether (sulfide) groups is 1. The van der Waals surface area contributed by atoms with E-state index in [1.165, 1.54) is 5.56 Å². The van der Waals surface area contributed by atoms with Crippen LogP contribution in [0.5, 0.6) is 0 Å². The molecule has 0 spiro atoms. The van der Waals surface area contributed by atoms with E-state index in [1.807, 2.05) is 46.6 Å². The number of hydrogen-bond acceptors (Lipinski definition) is 4. The third-order valence-electron chi connectivity index (χ3n) is 4.02. The highest BCUT2D eigenvalue weighted by Gasteiger charge is 2.09. The van der Waals surface area contributed by atoms with Crippen LogP contribution in [-0.2, 0) is 5.75 Å². The van der Waals surface area contributed by atoms with E-state index < -0.39 is 0 Å². The van der Waals surface area contributed by atoms with Crippen molar-refractivity contribution < 1.29 is 0 Å². The molecule has 26 heavy (non-hydrogen) atoms. The zero-order chi connectivity index (χ0) is 17.9. The van der Waals surface area contributed by atoms with Crippen LogP contribution < -0.4 is 0 Å². The molecule has 0 aliphatic heterocycles. The van der Waals surface area contributed by atoms with Crippen LogP contribution in [0.1, 0.15) is 11.1 Å². The lowest BCUT2D eigenvalue weighted by Crippen LogP contribution is -1.96. The Kier molecular flexibility index (Phi) is 4.77.